The van der Waals surface area contributed by atoms with Gasteiger partial charge in [0.25, 0.3) is 0 Å². The molecule has 0 aliphatic carbocycles. The number of allylic oxidation sites excluding steroid dienone is 1. The molecule has 1 aromatic carbocycles. The summed E-state index contributed by atoms with van der Waals surface area (Å²) in [6, 6.07) is 10.6. The Hall–Kier alpha value is -1.04. The maximum absolute atomic E-state index is 3.84. The van der Waals surface area contributed by atoms with Crippen molar-refractivity contribution in [3.05, 3.63) is 48.6 Å². The minimum absolute atomic E-state index is 0.681. The van der Waals surface area contributed by atoms with Gasteiger partial charge in [-0.25, -0.2) is 0 Å². The summed E-state index contributed by atoms with van der Waals surface area (Å²) in [6.45, 7) is 6.06. The molecule has 0 aliphatic rings. The van der Waals surface area contributed by atoms with Crippen molar-refractivity contribution in [3.8, 4) is 0 Å². The van der Waals surface area contributed by atoms with E-state index in [0.29, 0.717) is 5.92 Å². The fourth-order valence-corrected chi connectivity index (χ4v) is 1.49. The molecule has 0 fully saturated rings. The maximum atomic E-state index is 3.84. The van der Waals surface area contributed by atoms with E-state index in [4.69, 9.17) is 0 Å². The number of hydrogen-bond acceptors (Lipinski definition) is 0. The second-order valence-corrected chi connectivity index (χ2v) is 3.43. The highest BCUT2D eigenvalue weighted by molar-refractivity contribution is 5.14. The quantitative estimate of drug-likeness (QED) is 0.595. The Bertz CT molecular complexity index is 235. The van der Waals surface area contributed by atoms with Crippen LogP contribution in [0.25, 0.3) is 0 Å². The van der Waals surface area contributed by atoms with Crippen molar-refractivity contribution >= 4 is 0 Å². The molecule has 1 atom stereocenters. The molecule has 0 aromatic heterocycles. The van der Waals surface area contributed by atoms with E-state index in [1.54, 1.807) is 0 Å². The molecule has 0 radical (unpaired) electrons. The van der Waals surface area contributed by atoms with Crippen LogP contribution in [0.5, 0.6) is 0 Å². The number of rotatable bonds is 5. The van der Waals surface area contributed by atoms with Crippen LogP contribution in [0, 0.1) is 5.92 Å². The third-order valence-corrected chi connectivity index (χ3v) is 2.50. The van der Waals surface area contributed by atoms with Crippen LogP contribution in [0.3, 0.4) is 0 Å². The molecule has 1 aromatic rings. The zero-order valence-corrected chi connectivity index (χ0v) is 8.37. The highest BCUT2D eigenvalue weighted by Gasteiger charge is 2.00. The first-order chi connectivity index (χ1) is 6.36. The molecule has 0 bridgehead atoms. The second kappa shape index (κ2) is 5.58. The van der Waals surface area contributed by atoms with Crippen LogP contribution in [0.1, 0.15) is 25.3 Å². The number of aryl methyl sites for hydroxylation is 1. The van der Waals surface area contributed by atoms with E-state index in [1.165, 1.54) is 24.8 Å². The maximum Gasteiger partial charge on any atom is -0.0236 e. The normalized spacial score (nSPS) is 12.4. The molecule has 0 N–H and O–H groups in total. The first-order valence-corrected chi connectivity index (χ1v) is 5.03. The molecular weight excluding hydrogens is 156 g/mol. The fourth-order valence-electron chi connectivity index (χ4n) is 1.49. The van der Waals surface area contributed by atoms with E-state index in [1.807, 2.05) is 0 Å². The summed E-state index contributed by atoms with van der Waals surface area (Å²) in [4.78, 5) is 0. The Morgan fingerprint density at radius 2 is 2.00 bits per heavy atom. The summed E-state index contributed by atoms with van der Waals surface area (Å²) in [7, 11) is 0. The monoisotopic (exact) mass is 174 g/mol. The Labute approximate surface area is 81.3 Å². The Kier molecular flexibility index (Phi) is 4.31. The minimum atomic E-state index is 0.681. The van der Waals surface area contributed by atoms with Gasteiger partial charge in [0.15, 0.2) is 0 Å². The third kappa shape index (κ3) is 3.45. The number of benzene rings is 1. The molecule has 0 heterocycles. The lowest BCUT2D eigenvalue weighted by Crippen LogP contribution is -1.96. The van der Waals surface area contributed by atoms with E-state index in [-0.39, 0.29) is 0 Å². The zero-order chi connectivity index (χ0) is 9.52. The molecule has 1 rings (SSSR count). The molecule has 0 unspecified atom stereocenters. The summed E-state index contributed by atoms with van der Waals surface area (Å²) in [5.74, 6) is 0.681. The lowest BCUT2D eigenvalue weighted by atomic mass is 9.97. The van der Waals surface area contributed by atoms with Crippen molar-refractivity contribution in [1.82, 2.24) is 0 Å². The lowest BCUT2D eigenvalue weighted by Gasteiger charge is -2.08. The summed E-state index contributed by atoms with van der Waals surface area (Å²) in [5.41, 5.74) is 1.43. The van der Waals surface area contributed by atoms with Crippen molar-refractivity contribution in [2.75, 3.05) is 0 Å². The predicted octanol–water partition coefficient (Wildman–Crippen LogP) is 3.83. The van der Waals surface area contributed by atoms with Gasteiger partial charge in [0.05, 0.1) is 0 Å². The van der Waals surface area contributed by atoms with Crippen molar-refractivity contribution < 1.29 is 0 Å². The molecule has 0 saturated carbocycles. The van der Waals surface area contributed by atoms with E-state index < -0.39 is 0 Å². The van der Waals surface area contributed by atoms with Crippen LogP contribution in [0.4, 0.5) is 0 Å². The van der Waals surface area contributed by atoms with E-state index in [0.717, 1.165) is 0 Å². The molecule has 0 heteroatoms. The van der Waals surface area contributed by atoms with Gasteiger partial charge in [-0.15, -0.1) is 6.58 Å². The zero-order valence-electron chi connectivity index (χ0n) is 8.37. The van der Waals surface area contributed by atoms with Gasteiger partial charge in [-0.1, -0.05) is 43.3 Å². The van der Waals surface area contributed by atoms with Crippen molar-refractivity contribution in [2.24, 2.45) is 5.92 Å². The Balaban J connectivity index is 2.38. The highest BCUT2D eigenvalue weighted by atomic mass is 14.1. The fraction of sp³-hybridized carbons (Fsp3) is 0.385. The second-order valence-electron chi connectivity index (χ2n) is 3.43. The molecular formula is C13H18. The molecule has 70 valence electrons. The highest BCUT2D eigenvalue weighted by Crippen LogP contribution is 2.13. The summed E-state index contributed by atoms with van der Waals surface area (Å²) < 4.78 is 0. The average molecular weight is 174 g/mol. The van der Waals surface area contributed by atoms with Crippen molar-refractivity contribution in [2.45, 2.75) is 26.2 Å². The molecule has 0 saturated heterocycles. The van der Waals surface area contributed by atoms with Crippen molar-refractivity contribution in [1.29, 1.82) is 0 Å². The van der Waals surface area contributed by atoms with Crippen molar-refractivity contribution in [3.63, 3.8) is 0 Å². The largest absolute Gasteiger partial charge is 0.103 e. The van der Waals surface area contributed by atoms with E-state index in [9.17, 15) is 0 Å². The van der Waals surface area contributed by atoms with Crippen LogP contribution >= 0.6 is 0 Å². The Morgan fingerprint density at radius 3 is 2.54 bits per heavy atom. The lowest BCUT2D eigenvalue weighted by molar-refractivity contribution is 0.574. The molecule has 0 amide bonds. The van der Waals surface area contributed by atoms with Crippen LogP contribution in [-0.4, -0.2) is 0 Å². The smallest absolute Gasteiger partial charge is 0.0236 e. The Morgan fingerprint density at radius 1 is 1.31 bits per heavy atom. The predicted molar refractivity (Wildman–Crippen MR) is 58.7 cm³/mol. The first-order valence-electron chi connectivity index (χ1n) is 5.03. The molecule has 0 spiro atoms. The standard InChI is InChI=1S/C13H18/c1-3-12(4-2)10-11-13-8-6-5-7-9-13/h3,5-9,12H,1,4,10-11H2,2H3/t12-/m0/s1. The first kappa shape index (κ1) is 10.0. The van der Waals surface area contributed by atoms with E-state index in [2.05, 4.69) is 49.9 Å². The molecule has 13 heavy (non-hydrogen) atoms. The topological polar surface area (TPSA) is 0 Å². The van der Waals surface area contributed by atoms with Gasteiger partial charge < -0.3 is 0 Å². The van der Waals surface area contributed by atoms with Gasteiger partial charge in [-0.3, -0.25) is 0 Å². The van der Waals surface area contributed by atoms with Gasteiger partial charge in [0.2, 0.25) is 0 Å². The van der Waals surface area contributed by atoms with E-state index >= 15 is 0 Å². The molecule has 0 nitrogen and oxygen atoms in total. The van der Waals surface area contributed by atoms with Gasteiger partial charge in [-0.05, 0) is 30.7 Å². The SMILES string of the molecule is C=C[C@@H](CC)CCc1ccccc1. The molecule has 0 aliphatic heterocycles. The minimum Gasteiger partial charge on any atom is -0.103 e. The van der Waals surface area contributed by atoms with Gasteiger partial charge in [-0.2, -0.15) is 0 Å². The number of hydrogen-bond donors (Lipinski definition) is 0. The third-order valence-electron chi connectivity index (χ3n) is 2.50. The van der Waals surface area contributed by atoms with Gasteiger partial charge in [0, 0.05) is 0 Å². The van der Waals surface area contributed by atoms with Crippen LogP contribution in [0.15, 0.2) is 43.0 Å². The van der Waals surface area contributed by atoms with Crippen LogP contribution < -0.4 is 0 Å². The average Bonchev–Trinajstić information content (AvgIpc) is 2.21. The summed E-state index contributed by atoms with van der Waals surface area (Å²) in [5, 5.41) is 0. The summed E-state index contributed by atoms with van der Waals surface area (Å²) in [6.07, 6.45) is 5.68. The van der Waals surface area contributed by atoms with Crippen LogP contribution in [0.2, 0.25) is 0 Å². The summed E-state index contributed by atoms with van der Waals surface area (Å²) >= 11 is 0. The van der Waals surface area contributed by atoms with Gasteiger partial charge in [0.1, 0.15) is 0 Å². The van der Waals surface area contributed by atoms with Gasteiger partial charge >= 0.3 is 0 Å². The van der Waals surface area contributed by atoms with Crippen LogP contribution in [-0.2, 0) is 6.42 Å².